The van der Waals surface area contributed by atoms with E-state index in [1.165, 1.54) is 35.2 Å². The molecule has 1 atom stereocenters. The summed E-state index contributed by atoms with van der Waals surface area (Å²) in [5.41, 5.74) is 1.87. The number of nitrogens with one attached hydrogen (secondary N) is 1. The summed E-state index contributed by atoms with van der Waals surface area (Å²) in [4.78, 5) is 28.3. The molecule has 0 aliphatic heterocycles. The molecule has 0 aliphatic carbocycles. The Morgan fingerprint density at radius 1 is 0.897 bits per heavy atom. The number of nitrogens with zero attached hydrogens (tertiary/aromatic N) is 2. The van der Waals surface area contributed by atoms with Crippen LogP contribution in [0.5, 0.6) is 0 Å². The van der Waals surface area contributed by atoms with E-state index in [0.717, 1.165) is 15.4 Å². The van der Waals surface area contributed by atoms with E-state index in [0.29, 0.717) is 6.54 Å². The van der Waals surface area contributed by atoms with Gasteiger partial charge < -0.3 is 10.2 Å². The fourth-order valence-corrected chi connectivity index (χ4v) is 5.52. The van der Waals surface area contributed by atoms with Crippen LogP contribution >= 0.6 is 23.2 Å². The topological polar surface area (TPSA) is 86.8 Å². The van der Waals surface area contributed by atoms with Crippen LogP contribution in [0.25, 0.3) is 0 Å². The Labute approximate surface area is 240 Å². The zero-order valence-corrected chi connectivity index (χ0v) is 24.7. The van der Waals surface area contributed by atoms with Crippen LogP contribution in [0, 0.1) is 12.8 Å². The van der Waals surface area contributed by atoms with Gasteiger partial charge in [0.1, 0.15) is 12.6 Å². The highest BCUT2D eigenvalue weighted by Crippen LogP contribution is 2.31. The fraction of sp³-hybridized carbons (Fsp3) is 0.310. The number of rotatable bonds is 11. The van der Waals surface area contributed by atoms with Gasteiger partial charge in [-0.2, -0.15) is 0 Å². The van der Waals surface area contributed by atoms with Crippen molar-refractivity contribution < 1.29 is 18.0 Å². The van der Waals surface area contributed by atoms with Crippen LogP contribution in [0.15, 0.2) is 77.7 Å². The second-order valence-electron chi connectivity index (χ2n) is 9.75. The Kier molecular flexibility index (Phi) is 10.4. The summed E-state index contributed by atoms with van der Waals surface area (Å²) in [6, 6.07) is 19.1. The molecule has 3 aromatic rings. The van der Waals surface area contributed by atoms with Crippen LogP contribution in [0.1, 0.15) is 31.9 Å². The van der Waals surface area contributed by atoms with E-state index < -0.39 is 28.5 Å². The van der Waals surface area contributed by atoms with Crippen molar-refractivity contribution in [2.75, 3.05) is 17.4 Å². The van der Waals surface area contributed by atoms with Gasteiger partial charge in [-0.1, -0.05) is 85.1 Å². The normalized spacial score (nSPS) is 12.2. The van der Waals surface area contributed by atoms with Gasteiger partial charge in [0, 0.05) is 13.1 Å². The quantitative estimate of drug-likeness (QED) is 0.311. The van der Waals surface area contributed by atoms with E-state index in [4.69, 9.17) is 23.2 Å². The smallest absolute Gasteiger partial charge is 0.264 e. The van der Waals surface area contributed by atoms with Gasteiger partial charge in [-0.25, -0.2) is 8.42 Å². The predicted octanol–water partition coefficient (Wildman–Crippen LogP) is 5.69. The molecule has 2 amide bonds. The third kappa shape index (κ3) is 7.97. The second kappa shape index (κ2) is 13.3. The zero-order chi connectivity index (χ0) is 28.7. The summed E-state index contributed by atoms with van der Waals surface area (Å²) in [5.74, 6) is -0.646. The number of aryl methyl sites for hydroxylation is 1. The zero-order valence-electron chi connectivity index (χ0n) is 22.4. The molecule has 0 aliphatic rings. The van der Waals surface area contributed by atoms with Crippen LogP contribution in [0.2, 0.25) is 10.0 Å². The van der Waals surface area contributed by atoms with Gasteiger partial charge in [-0.05, 0) is 55.7 Å². The Balaban J connectivity index is 2.02. The number of carbonyl (C=O) groups is 2. The monoisotopic (exact) mass is 589 g/mol. The minimum Gasteiger partial charge on any atom is -0.354 e. The average molecular weight is 591 g/mol. The van der Waals surface area contributed by atoms with Crippen molar-refractivity contribution in [3.63, 3.8) is 0 Å². The Morgan fingerprint density at radius 3 is 2.13 bits per heavy atom. The molecule has 0 heterocycles. The molecule has 0 unspecified atom stereocenters. The average Bonchev–Trinajstić information content (AvgIpc) is 2.90. The van der Waals surface area contributed by atoms with Gasteiger partial charge in [0.2, 0.25) is 11.8 Å². The van der Waals surface area contributed by atoms with E-state index in [2.05, 4.69) is 5.32 Å². The third-order valence-electron chi connectivity index (χ3n) is 6.13. The molecule has 10 heteroatoms. The van der Waals surface area contributed by atoms with Crippen molar-refractivity contribution in [1.82, 2.24) is 10.2 Å². The molecular weight excluding hydrogens is 557 g/mol. The van der Waals surface area contributed by atoms with Gasteiger partial charge in [0.05, 0.1) is 20.6 Å². The number of sulfonamides is 1. The molecule has 1 N–H and O–H groups in total. The molecule has 0 fully saturated rings. The number of carbonyl (C=O) groups excluding carboxylic acids is 2. The fourth-order valence-electron chi connectivity index (χ4n) is 3.82. The molecule has 0 bridgehead atoms. The number of benzene rings is 3. The lowest BCUT2D eigenvalue weighted by molar-refractivity contribution is -0.139. The molecule has 0 saturated carbocycles. The van der Waals surface area contributed by atoms with E-state index in [-0.39, 0.29) is 39.0 Å². The Morgan fingerprint density at radius 2 is 1.54 bits per heavy atom. The standard InChI is InChI=1S/C29H33Cl2N3O4S/c1-20(2)17-32-29(36)22(4)33(18-23-8-6-5-7-9-23)28(35)19-34(24-12-15-26(30)27(31)16-24)39(37,38)25-13-10-21(3)11-14-25/h5-16,20,22H,17-19H2,1-4H3,(H,32,36)/t22-/m0/s1. The number of halogens is 2. The molecule has 0 aromatic heterocycles. The minimum absolute atomic E-state index is 0.0179. The first-order valence-electron chi connectivity index (χ1n) is 12.6. The molecule has 39 heavy (non-hydrogen) atoms. The van der Waals surface area contributed by atoms with Crippen LogP contribution < -0.4 is 9.62 Å². The first kappa shape index (κ1) is 30.5. The van der Waals surface area contributed by atoms with Crippen LogP contribution in [-0.2, 0) is 26.2 Å². The predicted molar refractivity (Wildman–Crippen MR) is 156 cm³/mol. The summed E-state index contributed by atoms with van der Waals surface area (Å²) >= 11 is 12.3. The maximum Gasteiger partial charge on any atom is 0.264 e. The third-order valence-corrected chi connectivity index (χ3v) is 8.65. The van der Waals surface area contributed by atoms with E-state index in [1.54, 1.807) is 19.1 Å². The molecule has 0 spiro atoms. The van der Waals surface area contributed by atoms with Gasteiger partial charge in [-0.15, -0.1) is 0 Å². The molecule has 3 rings (SSSR count). The van der Waals surface area contributed by atoms with E-state index in [9.17, 15) is 18.0 Å². The molecule has 0 saturated heterocycles. The SMILES string of the molecule is Cc1ccc(S(=O)(=O)N(CC(=O)N(Cc2ccccc2)[C@@H](C)C(=O)NCC(C)C)c2ccc(Cl)c(Cl)c2)cc1. The number of anilines is 1. The number of hydrogen-bond acceptors (Lipinski definition) is 4. The van der Waals surface area contributed by atoms with E-state index >= 15 is 0 Å². The molecule has 3 aromatic carbocycles. The lowest BCUT2D eigenvalue weighted by Gasteiger charge is -2.32. The Bertz CT molecular complexity index is 1400. The summed E-state index contributed by atoms with van der Waals surface area (Å²) in [6.07, 6.45) is 0. The summed E-state index contributed by atoms with van der Waals surface area (Å²) in [6.45, 7) is 7.45. The number of hydrogen-bond donors (Lipinski definition) is 1. The van der Waals surface area contributed by atoms with Crippen LogP contribution in [-0.4, -0.2) is 44.3 Å². The Hall–Kier alpha value is -3.07. The van der Waals surface area contributed by atoms with Crippen molar-refractivity contribution in [3.8, 4) is 0 Å². The van der Waals surface area contributed by atoms with Gasteiger partial charge in [0.25, 0.3) is 10.0 Å². The summed E-state index contributed by atoms with van der Waals surface area (Å²) in [5, 5.41) is 3.26. The largest absolute Gasteiger partial charge is 0.354 e. The molecule has 0 radical (unpaired) electrons. The van der Waals surface area contributed by atoms with Crippen LogP contribution in [0.3, 0.4) is 0 Å². The highest BCUT2D eigenvalue weighted by atomic mass is 35.5. The van der Waals surface area contributed by atoms with Crippen molar-refractivity contribution >= 4 is 50.7 Å². The maximum absolute atomic E-state index is 13.9. The summed E-state index contributed by atoms with van der Waals surface area (Å²) < 4.78 is 28.7. The van der Waals surface area contributed by atoms with Gasteiger partial charge in [0.15, 0.2) is 0 Å². The molecular formula is C29H33Cl2N3O4S. The van der Waals surface area contributed by atoms with Crippen molar-refractivity contribution in [1.29, 1.82) is 0 Å². The van der Waals surface area contributed by atoms with Crippen molar-refractivity contribution in [3.05, 3.63) is 94.0 Å². The van der Waals surface area contributed by atoms with Gasteiger partial charge >= 0.3 is 0 Å². The molecule has 7 nitrogen and oxygen atoms in total. The van der Waals surface area contributed by atoms with Gasteiger partial charge in [-0.3, -0.25) is 13.9 Å². The maximum atomic E-state index is 13.9. The first-order valence-corrected chi connectivity index (χ1v) is 14.7. The van der Waals surface area contributed by atoms with Crippen LogP contribution in [0.4, 0.5) is 5.69 Å². The highest BCUT2D eigenvalue weighted by Gasteiger charge is 2.32. The van der Waals surface area contributed by atoms with Crippen molar-refractivity contribution in [2.45, 2.75) is 45.2 Å². The first-order chi connectivity index (χ1) is 18.4. The van der Waals surface area contributed by atoms with Crippen molar-refractivity contribution in [2.24, 2.45) is 5.92 Å². The lowest BCUT2D eigenvalue weighted by Crippen LogP contribution is -2.51. The summed E-state index contributed by atoms with van der Waals surface area (Å²) in [7, 11) is -4.19. The lowest BCUT2D eigenvalue weighted by atomic mass is 10.1. The highest BCUT2D eigenvalue weighted by molar-refractivity contribution is 7.92. The van der Waals surface area contributed by atoms with E-state index in [1.807, 2.05) is 51.1 Å². The number of amides is 2. The minimum atomic E-state index is -4.19. The molecule has 208 valence electrons. The second-order valence-corrected chi connectivity index (χ2v) is 12.4.